The highest BCUT2D eigenvalue weighted by Gasteiger charge is 2.37. The number of carbonyl (C=O) groups is 3. The van der Waals surface area contributed by atoms with Gasteiger partial charge < -0.3 is 14.8 Å². The standard InChI is InChI=1S/C31H30N2O5/c1-21-8-7-11-25(18-21)33-22(2)29(31(36)37-3)27(30(33)35)19-24-12-14-26(15-13-24)38-20-28(34)32-17-16-23-9-5-4-6-10-23/h4-15,18-19H,16-17,20H2,1-3H3,(H,32,34)/b27-19-. The molecule has 1 aliphatic heterocycles. The van der Waals surface area contributed by atoms with E-state index in [0.717, 1.165) is 17.5 Å². The molecule has 0 saturated carbocycles. The van der Waals surface area contributed by atoms with E-state index in [1.54, 1.807) is 37.3 Å². The highest BCUT2D eigenvalue weighted by atomic mass is 16.5. The summed E-state index contributed by atoms with van der Waals surface area (Å²) in [6, 6.07) is 24.4. The molecule has 0 fully saturated rings. The first-order chi connectivity index (χ1) is 18.4. The monoisotopic (exact) mass is 510 g/mol. The molecule has 0 bridgehead atoms. The summed E-state index contributed by atoms with van der Waals surface area (Å²) in [4.78, 5) is 39.7. The van der Waals surface area contributed by atoms with Gasteiger partial charge in [-0.25, -0.2) is 4.79 Å². The zero-order valence-electron chi connectivity index (χ0n) is 21.7. The maximum atomic E-state index is 13.4. The van der Waals surface area contributed by atoms with Gasteiger partial charge in [0.1, 0.15) is 5.75 Å². The lowest BCUT2D eigenvalue weighted by Crippen LogP contribution is -2.30. The average molecular weight is 511 g/mol. The van der Waals surface area contributed by atoms with E-state index < -0.39 is 5.97 Å². The summed E-state index contributed by atoms with van der Waals surface area (Å²) in [6.07, 6.45) is 2.41. The second-order valence-electron chi connectivity index (χ2n) is 8.93. The SMILES string of the molecule is COC(=O)C1=C(C)N(c2cccc(C)c2)C(=O)/C1=C\c1ccc(OCC(=O)NCCc2ccccc2)cc1. The maximum Gasteiger partial charge on any atom is 0.340 e. The molecular weight excluding hydrogens is 480 g/mol. The molecular formula is C31H30N2O5. The van der Waals surface area contributed by atoms with Crippen molar-refractivity contribution in [2.24, 2.45) is 0 Å². The van der Waals surface area contributed by atoms with Gasteiger partial charge >= 0.3 is 5.97 Å². The molecule has 3 aromatic carbocycles. The summed E-state index contributed by atoms with van der Waals surface area (Å²) < 4.78 is 10.6. The molecule has 0 aromatic heterocycles. The summed E-state index contributed by atoms with van der Waals surface area (Å²) in [7, 11) is 1.30. The molecule has 194 valence electrons. The minimum Gasteiger partial charge on any atom is -0.484 e. The molecule has 0 radical (unpaired) electrons. The fraction of sp³-hybridized carbons (Fsp3) is 0.194. The number of aryl methyl sites for hydroxylation is 1. The number of allylic oxidation sites excluding steroid dienone is 1. The zero-order chi connectivity index (χ0) is 27.1. The van der Waals surface area contributed by atoms with Gasteiger partial charge in [0.2, 0.25) is 0 Å². The van der Waals surface area contributed by atoms with Crippen LogP contribution in [0, 0.1) is 6.92 Å². The Morgan fingerprint density at radius 1 is 0.947 bits per heavy atom. The lowest BCUT2D eigenvalue weighted by atomic mass is 10.0. The molecule has 0 spiro atoms. The summed E-state index contributed by atoms with van der Waals surface area (Å²) >= 11 is 0. The van der Waals surface area contributed by atoms with Gasteiger partial charge in [-0.15, -0.1) is 0 Å². The van der Waals surface area contributed by atoms with Crippen molar-refractivity contribution in [3.8, 4) is 5.75 Å². The van der Waals surface area contributed by atoms with Gasteiger partial charge in [-0.3, -0.25) is 14.5 Å². The second-order valence-corrected chi connectivity index (χ2v) is 8.93. The fourth-order valence-corrected chi connectivity index (χ4v) is 4.28. The summed E-state index contributed by atoms with van der Waals surface area (Å²) in [5.41, 5.74) is 4.53. The normalized spacial score (nSPS) is 14.1. The van der Waals surface area contributed by atoms with Crippen LogP contribution in [0.15, 0.2) is 95.7 Å². The van der Waals surface area contributed by atoms with Gasteiger partial charge in [-0.05, 0) is 67.3 Å². The Morgan fingerprint density at radius 3 is 2.37 bits per heavy atom. The number of hydrogen-bond donors (Lipinski definition) is 1. The summed E-state index contributed by atoms with van der Waals surface area (Å²) in [6.45, 7) is 4.10. The lowest BCUT2D eigenvalue weighted by molar-refractivity contribution is -0.136. The Kier molecular flexibility index (Phi) is 8.38. The molecule has 2 amide bonds. The van der Waals surface area contributed by atoms with Crippen molar-refractivity contribution in [1.82, 2.24) is 5.32 Å². The van der Waals surface area contributed by atoms with Crippen molar-refractivity contribution in [2.75, 3.05) is 25.2 Å². The van der Waals surface area contributed by atoms with E-state index in [2.05, 4.69) is 5.32 Å². The highest BCUT2D eigenvalue weighted by molar-refractivity contribution is 6.23. The predicted octanol–water partition coefficient (Wildman–Crippen LogP) is 4.61. The fourth-order valence-electron chi connectivity index (χ4n) is 4.28. The molecule has 38 heavy (non-hydrogen) atoms. The molecule has 1 heterocycles. The van der Waals surface area contributed by atoms with Crippen LogP contribution in [0.5, 0.6) is 5.75 Å². The highest BCUT2D eigenvalue weighted by Crippen LogP contribution is 2.35. The van der Waals surface area contributed by atoms with Crippen LogP contribution in [0.4, 0.5) is 5.69 Å². The third-order valence-electron chi connectivity index (χ3n) is 6.19. The Labute approximate surface area is 222 Å². The van der Waals surface area contributed by atoms with Crippen LogP contribution in [0.1, 0.15) is 23.6 Å². The number of nitrogens with one attached hydrogen (secondary N) is 1. The van der Waals surface area contributed by atoms with Gasteiger partial charge in [0.25, 0.3) is 11.8 Å². The first-order valence-electron chi connectivity index (χ1n) is 12.3. The molecule has 0 saturated heterocycles. The van der Waals surface area contributed by atoms with Crippen molar-refractivity contribution in [2.45, 2.75) is 20.3 Å². The quantitative estimate of drug-likeness (QED) is 0.336. The maximum absolute atomic E-state index is 13.4. The number of ether oxygens (including phenoxy) is 2. The minimum atomic E-state index is -0.574. The number of hydrogen-bond acceptors (Lipinski definition) is 5. The molecule has 4 rings (SSSR count). The van der Waals surface area contributed by atoms with Crippen LogP contribution in [0.3, 0.4) is 0 Å². The smallest absolute Gasteiger partial charge is 0.340 e. The number of anilines is 1. The van der Waals surface area contributed by atoms with E-state index in [-0.39, 0.29) is 29.6 Å². The third kappa shape index (κ3) is 6.18. The van der Waals surface area contributed by atoms with Crippen LogP contribution in [0.25, 0.3) is 6.08 Å². The van der Waals surface area contributed by atoms with Gasteiger partial charge in [0.15, 0.2) is 6.61 Å². The van der Waals surface area contributed by atoms with E-state index in [1.165, 1.54) is 12.0 Å². The van der Waals surface area contributed by atoms with Crippen LogP contribution in [-0.2, 0) is 25.5 Å². The van der Waals surface area contributed by atoms with Gasteiger partial charge in [0, 0.05) is 17.9 Å². The van der Waals surface area contributed by atoms with E-state index in [9.17, 15) is 14.4 Å². The van der Waals surface area contributed by atoms with Gasteiger partial charge in [-0.1, -0.05) is 54.6 Å². The molecule has 1 N–H and O–H groups in total. The molecule has 7 nitrogen and oxygen atoms in total. The van der Waals surface area contributed by atoms with Gasteiger partial charge in [0.05, 0.1) is 18.3 Å². The van der Waals surface area contributed by atoms with Gasteiger partial charge in [-0.2, -0.15) is 0 Å². The first-order valence-corrected chi connectivity index (χ1v) is 12.3. The van der Waals surface area contributed by atoms with Crippen LogP contribution >= 0.6 is 0 Å². The van der Waals surface area contributed by atoms with Crippen LogP contribution < -0.4 is 15.0 Å². The minimum absolute atomic E-state index is 0.104. The van der Waals surface area contributed by atoms with Crippen molar-refractivity contribution in [3.63, 3.8) is 0 Å². The third-order valence-corrected chi connectivity index (χ3v) is 6.19. The second kappa shape index (κ2) is 12.1. The molecule has 0 atom stereocenters. The Hall–Kier alpha value is -4.65. The topological polar surface area (TPSA) is 84.9 Å². The first kappa shape index (κ1) is 26.4. The van der Waals surface area contributed by atoms with E-state index in [4.69, 9.17) is 9.47 Å². The Bertz CT molecular complexity index is 1390. The number of nitrogens with zero attached hydrogens (tertiary/aromatic N) is 1. The predicted molar refractivity (Wildman–Crippen MR) is 146 cm³/mol. The summed E-state index contributed by atoms with van der Waals surface area (Å²) in [5, 5.41) is 2.85. The number of esters is 1. The van der Waals surface area contributed by atoms with Crippen LogP contribution in [-0.4, -0.2) is 38.0 Å². The lowest BCUT2D eigenvalue weighted by Gasteiger charge is -2.18. The van der Waals surface area contributed by atoms with E-state index >= 15 is 0 Å². The van der Waals surface area contributed by atoms with Crippen molar-refractivity contribution in [1.29, 1.82) is 0 Å². The molecule has 1 aliphatic rings. The molecule has 3 aromatic rings. The Morgan fingerprint density at radius 2 is 1.68 bits per heavy atom. The largest absolute Gasteiger partial charge is 0.484 e. The van der Waals surface area contributed by atoms with Crippen molar-refractivity contribution >= 4 is 29.5 Å². The Balaban J connectivity index is 1.42. The van der Waals surface area contributed by atoms with Crippen LogP contribution in [0.2, 0.25) is 0 Å². The molecule has 0 aliphatic carbocycles. The number of amides is 2. The van der Waals surface area contributed by atoms with Crippen molar-refractivity contribution < 1.29 is 23.9 Å². The number of carbonyl (C=O) groups excluding carboxylic acids is 3. The van der Waals surface area contributed by atoms with E-state index in [0.29, 0.717) is 29.2 Å². The molecule has 7 heteroatoms. The zero-order valence-corrected chi connectivity index (χ0v) is 21.7. The van der Waals surface area contributed by atoms with E-state index in [1.807, 2.05) is 61.5 Å². The number of benzene rings is 3. The summed E-state index contributed by atoms with van der Waals surface area (Å²) in [5.74, 6) is -0.566. The molecule has 0 unspecified atom stereocenters. The number of methoxy groups -OCH3 is 1. The van der Waals surface area contributed by atoms with Crippen molar-refractivity contribution in [3.05, 3.63) is 112 Å². The number of rotatable bonds is 9. The average Bonchev–Trinajstić information content (AvgIpc) is 3.17.